The van der Waals surface area contributed by atoms with Gasteiger partial charge in [0.25, 0.3) is 5.91 Å². The molecule has 1 aromatic heterocycles. The zero-order valence-electron chi connectivity index (χ0n) is 19.8. The molecule has 0 aliphatic rings. The number of carboxylic acids is 2. The van der Waals surface area contributed by atoms with Crippen molar-refractivity contribution >= 4 is 62.0 Å². The third-order valence-electron chi connectivity index (χ3n) is 5.57. The smallest absolute Gasteiger partial charge is 0.337 e. The topological polar surface area (TPSA) is 155 Å². The molecule has 10 nitrogen and oxygen atoms in total. The Morgan fingerprint density at radius 1 is 0.921 bits per heavy atom. The average Bonchev–Trinajstić information content (AvgIpc) is 2.91. The summed E-state index contributed by atoms with van der Waals surface area (Å²) in [5.41, 5.74) is 1.69. The predicted octanol–water partition coefficient (Wildman–Crippen LogP) is 4.85. The number of benzene rings is 3. The summed E-state index contributed by atoms with van der Waals surface area (Å²) in [5, 5.41) is 25.3. The van der Waals surface area contributed by atoms with E-state index in [1.54, 1.807) is 42.5 Å². The number of amides is 1. The molecule has 0 saturated heterocycles. The van der Waals surface area contributed by atoms with Gasteiger partial charge in [0.1, 0.15) is 0 Å². The largest absolute Gasteiger partial charge is 0.478 e. The van der Waals surface area contributed by atoms with Crippen molar-refractivity contribution in [1.82, 2.24) is 10.3 Å². The summed E-state index contributed by atoms with van der Waals surface area (Å²) in [6.45, 7) is 0.0964. The van der Waals surface area contributed by atoms with E-state index in [-0.39, 0.29) is 28.9 Å². The van der Waals surface area contributed by atoms with E-state index in [4.69, 9.17) is 4.74 Å². The standard InChI is InChI=1S/C27H20BrN3O7/c1-38-27(37)15-4-2-3-14(7-15)12-30-24(32)21-13-29-22-11-18(28)5-6-20(22)23(21)31-19-9-16(25(33)34)8-17(10-19)26(35)36/h2-11,13H,12H2,1H3,(H,29,31)(H,30,32)(H,33,34)(H,35,36). The second-order valence-electron chi connectivity index (χ2n) is 8.12. The third kappa shape index (κ3) is 5.79. The number of pyridine rings is 1. The number of nitrogens with one attached hydrogen (secondary N) is 2. The number of ether oxygens (including phenoxy) is 1. The number of carbonyl (C=O) groups is 4. The van der Waals surface area contributed by atoms with Gasteiger partial charge < -0.3 is 25.6 Å². The Hall–Kier alpha value is -4.77. The Morgan fingerprint density at radius 2 is 1.63 bits per heavy atom. The fraction of sp³-hybridized carbons (Fsp3) is 0.0741. The van der Waals surface area contributed by atoms with Crippen LogP contribution >= 0.6 is 15.9 Å². The quantitative estimate of drug-likeness (QED) is 0.215. The first-order valence-corrected chi connectivity index (χ1v) is 11.9. The van der Waals surface area contributed by atoms with Crippen molar-refractivity contribution in [3.05, 3.63) is 99.2 Å². The number of aromatic carboxylic acids is 2. The molecule has 0 unspecified atom stereocenters. The van der Waals surface area contributed by atoms with Crippen LogP contribution in [0.5, 0.6) is 0 Å². The van der Waals surface area contributed by atoms with E-state index in [1.807, 2.05) is 0 Å². The molecule has 0 saturated carbocycles. The fourth-order valence-corrected chi connectivity index (χ4v) is 4.12. The van der Waals surface area contributed by atoms with Crippen molar-refractivity contribution in [1.29, 1.82) is 0 Å². The molecule has 4 rings (SSSR count). The number of hydrogen-bond donors (Lipinski definition) is 4. The summed E-state index contributed by atoms with van der Waals surface area (Å²) in [6, 6.07) is 15.5. The number of fused-ring (bicyclic) bond motifs is 1. The number of hydrogen-bond acceptors (Lipinski definition) is 7. The highest BCUT2D eigenvalue weighted by Crippen LogP contribution is 2.31. The van der Waals surface area contributed by atoms with Gasteiger partial charge in [-0.25, -0.2) is 14.4 Å². The lowest BCUT2D eigenvalue weighted by Crippen LogP contribution is -2.24. The molecular weight excluding hydrogens is 558 g/mol. The van der Waals surface area contributed by atoms with Crippen LogP contribution in [0.2, 0.25) is 0 Å². The maximum absolute atomic E-state index is 13.3. The van der Waals surface area contributed by atoms with E-state index in [9.17, 15) is 29.4 Å². The average molecular weight is 578 g/mol. The van der Waals surface area contributed by atoms with Gasteiger partial charge in [-0.05, 0) is 54.1 Å². The van der Waals surface area contributed by atoms with Gasteiger partial charge in [-0.15, -0.1) is 0 Å². The van der Waals surface area contributed by atoms with Gasteiger partial charge in [0.2, 0.25) is 0 Å². The lowest BCUT2D eigenvalue weighted by Gasteiger charge is -2.16. The fourth-order valence-electron chi connectivity index (χ4n) is 3.77. The summed E-state index contributed by atoms with van der Waals surface area (Å²) in [7, 11) is 1.28. The number of esters is 1. The van der Waals surface area contributed by atoms with E-state index in [2.05, 4.69) is 31.5 Å². The number of methoxy groups -OCH3 is 1. The number of aromatic nitrogens is 1. The van der Waals surface area contributed by atoms with E-state index in [0.717, 1.165) is 10.5 Å². The van der Waals surface area contributed by atoms with Crippen LogP contribution in [0, 0.1) is 0 Å². The monoisotopic (exact) mass is 577 g/mol. The van der Waals surface area contributed by atoms with E-state index in [0.29, 0.717) is 27.7 Å². The molecule has 1 heterocycles. The minimum Gasteiger partial charge on any atom is -0.478 e. The molecule has 3 aromatic carbocycles. The predicted molar refractivity (Wildman–Crippen MR) is 142 cm³/mol. The van der Waals surface area contributed by atoms with Crippen LogP contribution in [0.4, 0.5) is 11.4 Å². The van der Waals surface area contributed by atoms with Crippen molar-refractivity contribution < 1.29 is 34.1 Å². The molecule has 1 amide bonds. The lowest BCUT2D eigenvalue weighted by molar-refractivity contribution is 0.0598. The van der Waals surface area contributed by atoms with Crippen molar-refractivity contribution in [3.8, 4) is 0 Å². The van der Waals surface area contributed by atoms with Gasteiger partial charge in [-0.2, -0.15) is 0 Å². The van der Waals surface area contributed by atoms with Gasteiger partial charge in [-0.3, -0.25) is 9.78 Å². The summed E-state index contributed by atoms with van der Waals surface area (Å²) >= 11 is 3.39. The number of anilines is 2. The highest BCUT2D eigenvalue weighted by molar-refractivity contribution is 9.10. The minimum atomic E-state index is -1.30. The maximum Gasteiger partial charge on any atom is 0.337 e. The molecule has 4 aromatic rings. The molecule has 4 N–H and O–H groups in total. The first-order chi connectivity index (χ1) is 18.2. The van der Waals surface area contributed by atoms with Gasteiger partial charge in [0.15, 0.2) is 0 Å². The second-order valence-corrected chi connectivity index (χ2v) is 9.03. The van der Waals surface area contributed by atoms with Crippen LogP contribution in [0.3, 0.4) is 0 Å². The Bertz CT molecular complexity index is 1570. The van der Waals surface area contributed by atoms with Crippen LogP contribution in [0.1, 0.15) is 47.0 Å². The number of nitrogens with zero attached hydrogens (tertiary/aromatic N) is 1. The molecule has 0 spiro atoms. The van der Waals surface area contributed by atoms with Gasteiger partial charge in [0, 0.05) is 28.3 Å². The Morgan fingerprint density at radius 3 is 2.29 bits per heavy atom. The molecule has 0 aliphatic heterocycles. The number of rotatable bonds is 8. The maximum atomic E-state index is 13.3. The highest BCUT2D eigenvalue weighted by atomic mass is 79.9. The first-order valence-electron chi connectivity index (χ1n) is 11.1. The molecule has 0 atom stereocenters. The lowest BCUT2D eigenvalue weighted by atomic mass is 10.1. The highest BCUT2D eigenvalue weighted by Gasteiger charge is 2.18. The molecule has 0 fully saturated rings. The Kier molecular flexibility index (Phi) is 7.68. The van der Waals surface area contributed by atoms with E-state index in [1.165, 1.54) is 25.4 Å². The van der Waals surface area contributed by atoms with Crippen LogP contribution in [-0.2, 0) is 11.3 Å². The van der Waals surface area contributed by atoms with Crippen LogP contribution in [0.25, 0.3) is 10.9 Å². The summed E-state index contributed by atoms with van der Waals surface area (Å²) in [5.74, 6) is -3.60. The Balaban J connectivity index is 1.72. The first kappa shape index (κ1) is 26.3. The van der Waals surface area contributed by atoms with Crippen molar-refractivity contribution in [2.75, 3.05) is 12.4 Å². The second kappa shape index (κ2) is 11.1. The third-order valence-corrected chi connectivity index (χ3v) is 6.07. The molecule has 0 aliphatic carbocycles. The zero-order valence-corrected chi connectivity index (χ0v) is 21.4. The molecule has 0 radical (unpaired) electrons. The van der Waals surface area contributed by atoms with E-state index >= 15 is 0 Å². The number of halogens is 1. The SMILES string of the molecule is COC(=O)c1cccc(CNC(=O)c2cnc3cc(Br)ccc3c2Nc2cc(C(=O)O)cc(C(=O)O)c2)c1. The normalized spacial score (nSPS) is 10.6. The molecule has 192 valence electrons. The molecule has 11 heteroatoms. The summed E-state index contributed by atoms with van der Waals surface area (Å²) in [4.78, 5) is 52.6. The zero-order chi connectivity index (χ0) is 27.4. The van der Waals surface area contributed by atoms with E-state index < -0.39 is 23.8 Å². The van der Waals surface area contributed by atoms with Crippen LogP contribution in [-0.4, -0.2) is 46.1 Å². The Labute approximate surface area is 224 Å². The summed E-state index contributed by atoms with van der Waals surface area (Å²) < 4.78 is 5.49. The summed E-state index contributed by atoms with van der Waals surface area (Å²) in [6.07, 6.45) is 1.37. The minimum absolute atomic E-state index is 0.0964. The van der Waals surface area contributed by atoms with Crippen molar-refractivity contribution in [2.45, 2.75) is 6.54 Å². The molecule has 38 heavy (non-hydrogen) atoms. The number of carboxylic acid groups (broad SMARTS) is 2. The van der Waals surface area contributed by atoms with Crippen LogP contribution in [0.15, 0.2) is 71.3 Å². The van der Waals surface area contributed by atoms with Crippen LogP contribution < -0.4 is 10.6 Å². The van der Waals surface area contributed by atoms with Crippen molar-refractivity contribution in [2.24, 2.45) is 0 Å². The van der Waals surface area contributed by atoms with Gasteiger partial charge in [-0.1, -0.05) is 28.1 Å². The van der Waals surface area contributed by atoms with Gasteiger partial charge >= 0.3 is 17.9 Å². The molecule has 0 bridgehead atoms. The van der Waals surface area contributed by atoms with Crippen molar-refractivity contribution in [3.63, 3.8) is 0 Å². The molecular formula is C27H20BrN3O7. The number of carbonyl (C=O) groups excluding carboxylic acids is 2. The van der Waals surface area contributed by atoms with Gasteiger partial charge in [0.05, 0.1) is 40.6 Å².